The number of para-hydroxylation sites is 1. The largest absolute Gasteiger partial charge is 0.494 e. The normalized spacial score (nSPS) is 9.90. The van der Waals surface area contributed by atoms with Gasteiger partial charge in [-0.05, 0) is 43.3 Å². The predicted octanol–water partition coefficient (Wildman–Crippen LogP) is 2.62. The van der Waals surface area contributed by atoms with E-state index >= 15 is 0 Å². The van der Waals surface area contributed by atoms with E-state index in [9.17, 15) is 4.79 Å². The lowest BCUT2D eigenvalue weighted by Gasteiger charge is -2.10. The molecule has 5 heteroatoms. The van der Waals surface area contributed by atoms with Gasteiger partial charge in [-0.25, -0.2) is 0 Å². The van der Waals surface area contributed by atoms with Crippen molar-refractivity contribution in [2.24, 2.45) is 5.84 Å². The van der Waals surface area contributed by atoms with Crippen LogP contribution in [0.3, 0.4) is 0 Å². The molecular weight excluding hydrogens is 254 g/mol. The number of hydrazine groups is 1. The van der Waals surface area contributed by atoms with E-state index in [0.717, 1.165) is 5.75 Å². The third-order valence-electron chi connectivity index (χ3n) is 2.75. The van der Waals surface area contributed by atoms with Gasteiger partial charge in [0.2, 0.25) is 0 Å². The zero-order valence-corrected chi connectivity index (χ0v) is 11.2. The minimum atomic E-state index is -0.220. The maximum absolute atomic E-state index is 12.2. The fourth-order valence-electron chi connectivity index (χ4n) is 1.81. The summed E-state index contributed by atoms with van der Waals surface area (Å²) in [5.74, 6) is 5.94. The third kappa shape index (κ3) is 3.27. The van der Waals surface area contributed by atoms with Gasteiger partial charge in [-0.3, -0.25) is 10.6 Å². The zero-order valence-electron chi connectivity index (χ0n) is 11.2. The fraction of sp³-hybridized carbons (Fsp3) is 0.133. The van der Waals surface area contributed by atoms with E-state index in [1.165, 1.54) is 0 Å². The van der Waals surface area contributed by atoms with E-state index in [1.54, 1.807) is 30.3 Å². The summed E-state index contributed by atoms with van der Waals surface area (Å²) in [7, 11) is 0. The summed E-state index contributed by atoms with van der Waals surface area (Å²) in [6.07, 6.45) is 0. The summed E-state index contributed by atoms with van der Waals surface area (Å²) in [4.78, 5) is 12.2. The molecule has 0 radical (unpaired) electrons. The molecule has 1 amide bonds. The Morgan fingerprint density at radius 2 is 1.85 bits per heavy atom. The Bertz CT molecular complexity index is 582. The Balaban J connectivity index is 2.11. The quantitative estimate of drug-likeness (QED) is 0.577. The minimum absolute atomic E-state index is 0.220. The smallest absolute Gasteiger partial charge is 0.257 e. The highest BCUT2D eigenvalue weighted by molar-refractivity contribution is 6.07. The van der Waals surface area contributed by atoms with Crippen molar-refractivity contribution < 1.29 is 9.53 Å². The second kappa shape index (κ2) is 6.58. The van der Waals surface area contributed by atoms with Crippen LogP contribution >= 0.6 is 0 Å². The topological polar surface area (TPSA) is 76.4 Å². The van der Waals surface area contributed by atoms with E-state index in [0.29, 0.717) is 23.5 Å². The first kappa shape index (κ1) is 13.9. The van der Waals surface area contributed by atoms with E-state index in [2.05, 4.69) is 10.7 Å². The molecule has 104 valence electrons. The van der Waals surface area contributed by atoms with E-state index in [1.807, 2.05) is 25.1 Å². The average Bonchev–Trinajstić information content (AvgIpc) is 2.49. The number of hydrogen-bond acceptors (Lipinski definition) is 4. The van der Waals surface area contributed by atoms with Gasteiger partial charge in [0, 0.05) is 5.69 Å². The van der Waals surface area contributed by atoms with Gasteiger partial charge in [0.1, 0.15) is 5.75 Å². The molecule has 0 unspecified atom stereocenters. The Labute approximate surface area is 117 Å². The number of carbonyl (C=O) groups is 1. The van der Waals surface area contributed by atoms with Crippen molar-refractivity contribution in [3.8, 4) is 5.75 Å². The molecule has 0 aromatic heterocycles. The van der Waals surface area contributed by atoms with Crippen molar-refractivity contribution in [3.63, 3.8) is 0 Å². The fourth-order valence-corrected chi connectivity index (χ4v) is 1.81. The SMILES string of the molecule is CCOc1ccc(NC(=O)c2ccccc2NN)cc1. The molecule has 0 atom stereocenters. The van der Waals surface area contributed by atoms with Gasteiger partial charge in [0.25, 0.3) is 5.91 Å². The van der Waals surface area contributed by atoms with Gasteiger partial charge in [-0.1, -0.05) is 12.1 Å². The van der Waals surface area contributed by atoms with Gasteiger partial charge in [-0.15, -0.1) is 0 Å². The number of amides is 1. The highest BCUT2D eigenvalue weighted by Crippen LogP contribution is 2.18. The number of benzene rings is 2. The number of anilines is 2. The first-order valence-corrected chi connectivity index (χ1v) is 6.34. The molecule has 0 aliphatic rings. The highest BCUT2D eigenvalue weighted by atomic mass is 16.5. The van der Waals surface area contributed by atoms with Crippen LogP contribution in [0.15, 0.2) is 48.5 Å². The molecule has 20 heavy (non-hydrogen) atoms. The minimum Gasteiger partial charge on any atom is -0.494 e. The van der Waals surface area contributed by atoms with Crippen LogP contribution < -0.4 is 21.3 Å². The lowest BCUT2D eigenvalue weighted by atomic mass is 10.1. The lowest BCUT2D eigenvalue weighted by Crippen LogP contribution is -2.17. The van der Waals surface area contributed by atoms with Crippen LogP contribution in [0.25, 0.3) is 0 Å². The van der Waals surface area contributed by atoms with Gasteiger partial charge < -0.3 is 15.5 Å². The highest BCUT2D eigenvalue weighted by Gasteiger charge is 2.10. The van der Waals surface area contributed by atoms with Crippen molar-refractivity contribution in [1.82, 2.24) is 0 Å². The van der Waals surface area contributed by atoms with Crippen LogP contribution in [0, 0.1) is 0 Å². The van der Waals surface area contributed by atoms with E-state index in [-0.39, 0.29) is 5.91 Å². The Hall–Kier alpha value is -2.53. The second-order valence-electron chi connectivity index (χ2n) is 4.10. The van der Waals surface area contributed by atoms with Gasteiger partial charge in [0.05, 0.1) is 17.9 Å². The molecular formula is C15H17N3O2. The standard InChI is InChI=1S/C15H17N3O2/c1-2-20-12-9-7-11(8-10-12)17-15(19)13-5-3-4-6-14(13)18-16/h3-10,18H,2,16H2,1H3,(H,17,19). The van der Waals surface area contributed by atoms with Crippen molar-refractivity contribution in [2.45, 2.75) is 6.92 Å². The first-order chi connectivity index (χ1) is 9.74. The Morgan fingerprint density at radius 3 is 2.50 bits per heavy atom. The molecule has 2 aromatic rings. The second-order valence-corrected chi connectivity index (χ2v) is 4.10. The molecule has 0 fully saturated rings. The average molecular weight is 271 g/mol. The zero-order chi connectivity index (χ0) is 14.4. The van der Waals surface area contributed by atoms with Gasteiger partial charge in [0.15, 0.2) is 0 Å². The maximum atomic E-state index is 12.2. The summed E-state index contributed by atoms with van der Waals surface area (Å²) in [5.41, 5.74) is 4.28. The van der Waals surface area contributed by atoms with Crippen LogP contribution in [-0.2, 0) is 0 Å². The van der Waals surface area contributed by atoms with Crippen LogP contribution in [0.2, 0.25) is 0 Å². The molecule has 0 saturated carbocycles. The molecule has 0 bridgehead atoms. The first-order valence-electron chi connectivity index (χ1n) is 6.34. The van der Waals surface area contributed by atoms with Crippen molar-refractivity contribution in [3.05, 3.63) is 54.1 Å². The summed E-state index contributed by atoms with van der Waals surface area (Å²) in [6, 6.07) is 14.3. The molecule has 0 heterocycles. The Morgan fingerprint density at radius 1 is 1.15 bits per heavy atom. The molecule has 2 rings (SSSR count). The van der Waals surface area contributed by atoms with Gasteiger partial charge in [-0.2, -0.15) is 0 Å². The van der Waals surface area contributed by atoms with Crippen LogP contribution in [0.5, 0.6) is 5.75 Å². The van der Waals surface area contributed by atoms with E-state index in [4.69, 9.17) is 10.6 Å². The summed E-state index contributed by atoms with van der Waals surface area (Å²) >= 11 is 0. The molecule has 0 aliphatic carbocycles. The van der Waals surface area contributed by atoms with Gasteiger partial charge >= 0.3 is 0 Å². The molecule has 0 aliphatic heterocycles. The number of hydrogen-bond donors (Lipinski definition) is 3. The molecule has 0 spiro atoms. The third-order valence-corrected chi connectivity index (χ3v) is 2.75. The van der Waals surface area contributed by atoms with Crippen molar-refractivity contribution in [1.29, 1.82) is 0 Å². The predicted molar refractivity (Wildman–Crippen MR) is 79.8 cm³/mol. The lowest BCUT2D eigenvalue weighted by molar-refractivity contribution is 0.102. The number of carbonyl (C=O) groups excluding carboxylic acids is 1. The van der Waals surface area contributed by atoms with Crippen molar-refractivity contribution in [2.75, 3.05) is 17.3 Å². The molecule has 4 N–H and O–H groups in total. The molecule has 2 aromatic carbocycles. The monoisotopic (exact) mass is 271 g/mol. The molecule has 0 saturated heterocycles. The number of nitrogens with one attached hydrogen (secondary N) is 2. The maximum Gasteiger partial charge on any atom is 0.257 e. The van der Waals surface area contributed by atoms with E-state index < -0.39 is 0 Å². The summed E-state index contributed by atoms with van der Waals surface area (Å²) < 4.78 is 5.35. The summed E-state index contributed by atoms with van der Waals surface area (Å²) in [6.45, 7) is 2.54. The Kier molecular flexibility index (Phi) is 4.57. The molecule has 5 nitrogen and oxygen atoms in total. The van der Waals surface area contributed by atoms with Crippen molar-refractivity contribution >= 4 is 17.3 Å². The number of ether oxygens (including phenoxy) is 1. The van der Waals surface area contributed by atoms with Crippen LogP contribution in [-0.4, -0.2) is 12.5 Å². The number of rotatable bonds is 5. The summed E-state index contributed by atoms with van der Waals surface area (Å²) in [5, 5.41) is 2.81. The number of nitrogens with two attached hydrogens (primary N) is 1. The number of nitrogen functional groups attached to an aromatic ring is 1. The van der Waals surface area contributed by atoms with Crippen LogP contribution in [0.4, 0.5) is 11.4 Å². The van der Waals surface area contributed by atoms with Crippen LogP contribution in [0.1, 0.15) is 17.3 Å².